The number of amides is 1. The number of nitrogens with zero attached hydrogens (tertiary/aromatic N) is 3. The van der Waals surface area contributed by atoms with Crippen LogP contribution in [0.15, 0.2) is 6.20 Å². The van der Waals surface area contributed by atoms with Gasteiger partial charge in [0, 0.05) is 5.92 Å². The lowest BCUT2D eigenvalue weighted by Gasteiger charge is -2.32. The van der Waals surface area contributed by atoms with Gasteiger partial charge in [-0.3, -0.25) is 4.79 Å². The lowest BCUT2D eigenvalue weighted by molar-refractivity contribution is -0.124. The van der Waals surface area contributed by atoms with E-state index in [1.54, 1.807) is 13.8 Å². The first kappa shape index (κ1) is 16.1. The van der Waals surface area contributed by atoms with E-state index in [0.717, 1.165) is 38.0 Å². The van der Waals surface area contributed by atoms with Gasteiger partial charge in [0.15, 0.2) is 0 Å². The Morgan fingerprint density at radius 2 is 2.04 bits per heavy atom. The largest absolute Gasteiger partial charge is 0.384 e. The fourth-order valence-corrected chi connectivity index (χ4v) is 4.17. The fraction of sp³-hybridized carbons (Fsp3) is 0.833. The molecule has 0 radical (unpaired) electrons. The summed E-state index contributed by atoms with van der Waals surface area (Å²) in [5.41, 5.74) is -0.411. The van der Waals surface area contributed by atoms with Crippen LogP contribution in [0.4, 0.5) is 0 Å². The van der Waals surface area contributed by atoms with Gasteiger partial charge in [0.1, 0.15) is 11.3 Å². The van der Waals surface area contributed by atoms with Crippen LogP contribution in [0, 0.1) is 17.8 Å². The first-order valence-electron chi connectivity index (χ1n) is 9.38. The fourth-order valence-electron chi connectivity index (χ4n) is 4.17. The smallest absolute Gasteiger partial charge is 0.223 e. The van der Waals surface area contributed by atoms with E-state index in [1.807, 2.05) is 10.9 Å². The minimum atomic E-state index is -0.989. The molecule has 1 amide bonds. The highest BCUT2D eigenvalue weighted by Gasteiger charge is 2.51. The molecule has 0 bridgehead atoms. The van der Waals surface area contributed by atoms with E-state index in [4.69, 9.17) is 0 Å². The molecule has 4 rings (SSSR count). The van der Waals surface area contributed by atoms with Gasteiger partial charge in [-0.25, -0.2) is 4.68 Å². The molecule has 0 aromatic carbocycles. The van der Waals surface area contributed by atoms with Crippen LogP contribution in [0.2, 0.25) is 0 Å². The maximum Gasteiger partial charge on any atom is 0.223 e. The van der Waals surface area contributed by atoms with Gasteiger partial charge in [0.25, 0.3) is 0 Å². The minimum absolute atomic E-state index is 0.128. The molecule has 1 aromatic heterocycles. The van der Waals surface area contributed by atoms with Crippen LogP contribution in [0.5, 0.6) is 0 Å². The number of carbonyl (C=O) groups is 1. The third kappa shape index (κ3) is 3.21. The Hall–Kier alpha value is -1.43. The molecule has 2 unspecified atom stereocenters. The molecule has 6 heteroatoms. The highest BCUT2D eigenvalue weighted by molar-refractivity contribution is 5.82. The van der Waals surface area contributed by atoms with Gasteiger partial charge in [0.05, 0.1) is 18.3 Å². The van der Waals surface area contributed by atoms with Crippen LogP contribution in [0.3, 0.4) is 0 Å². The topological polar surface area (TPSA) is 80.0 Å². The van der Waals surface area contributed by atoms with Crippen LogP contribution in [0.1, 0.15) is 70.5 Å². The quantitative estimate of drug-likeness (QED) is 0.866. The van der Waals surface area contributed by atoms with Crippen molar-refractivity contribution in [1.29, 1.82) is 0 Å². The third-order valence-electron chi connectivity index (χ3n) is 5.94. The van der Waals surface area contributed by atoms with Gasteiger partial charge in [-0.15, -0.1) is 5.10 Å². The first-order valence-corrected chi connectivity index (χ1v) is 9.38. The Labute approximate surface area is 143 Å². The van der Waals surface area contributed by atoms with Crippen LogP contribution in [0.25, 0.3) is 0 Å². The van der Waals surface area contributed by atoms with E-state index in [1.165, 1.54) is 12.8 Å². The maximum absolute atomic E-state index is 12.6. The molecule has 3 fully saturated rings. The number of hydrogen-bond donors (Lipinski definition) is 2. The molecule has 1 aromatic rings. The third-order valence-corrected chi connectivity index (χ3v) is 5.94. The number of rotatable bonds is 5. The average molecular weight is 332 g/mol. The second-order valence-corrected chi connectivity index (χ2v) is 8.45. The standard InChI is InChI=1S/C18H28N4O2/c1-18(2,24)16-10-22(21-20-16)15-6-4-3-5-14(15)19-17(23)13-9-12(13)11-7-8-11/h10-15,24H,3-9H2,1-2H3,(H,19,23)/t12?,13?,14-,15+/m0/s1. The van der Waals surface area contributed by atoms with E-state index < -0.39 is 5.60 Å². The zero-order valence-electron chi connectivity index (χ0n) is 14.6. The highest BCUT2D eigenvalue weighted by Crippen LogP contribution is 2.54. The Kier molecular flexibility index (Phi) is 3.90. The number of nitrogens with one attached hydrogen (secondary N) is 1. The second kappa shape index (κ2) is 5.83. The summed E-state index contributed by atoms with van der Waals surface area (Å²) in [6, 6.07) is 0.271. The molecular formula is C18H28N4O2. The molecule has 0 aliphatic heterocycles. The molecule has 0 saturated heterocycles. The first-order chi connectivity index (χ1) is 11.4. The summed E-state index contributed by atoms with van der Waals surface area (Å²) in [7, 11) is 0. The monoisotopic (exact) mass is 332 g/mol. The molecule has 3 saturated carbocycles. The maximum atomic E-state index is 12.6. The van der Waals surface area contributed by atoms with Crippen molar-refractivity contribution in [3.63, 3.8) is 0 Å². The van der Waals surface area contributed by atoms with E-state index in [9.17, 15) is 9.90 Å². The van der Waals surface area contributed by atoms with Gasteiger partial charge in [-0.2, -0.15) is 0 Å². The summed E-state index contributed by atoms with van der Waals surface area (Å²) in [6.45, 7) is 3.43. The Morgan fingerprint density at radius 1 is 1.29 bits per heavy atom. The lowest BCUT2D eigenvalue weighted by atomic mass is 9.90. The molecule has 3 aliphatic rings. The second-order valence-electron chi connectivity index (χ2n) is 8.45. The van der Waals surface area contributed by atoms with Crippen molar-refractivity contribution in [1.82, 2.24) is 20.3 Å². The Balaban J connectivity index is 1.43. The Bertz CT molecular complexity index is 617. The van der Waals surface area contributed by atoms with Crippen molar-refractivity contribution in [3.05, 3.63) is 11.9 Å². The molecule has 24 heavy (non-hydrogen) atoms. The zero-order valence-corrected chi connectivity index (χ0v) is 14.6. The van der Waals surface area contributed by atoms with Gasteiger partial charge < -0.3 is 10.4 Å². The zero-order chi connectivity index (χ0) is 16.9. The van der Waals surface area contributed by atoms with E-state index >= 15 is 0 Å². The molecule has 3 aliphatic carbocycles. The van der Waals surface area contributed by atoms with Crippen LogP contribution < -0.4 is 5.32 Å². The van der Waals surface area contributed by atoms with Crippen LogP contribution >= 0.6 is 0 Å². The van der Waals surface area contributed by atoms with Crippen molar-refractivity contribution in [2.45, 2.75) is 76.5 Å². The summed E-state index contributed by atoms with van der Waals surface area (Å²) < 4.78 is 1.85. The molecule has 0 spiro atoms. The summed E-state index contributed by atoms with van der Waals surface area (Å²) in [6.07, 6.45) is 9.83. The van der Waals surface area contributed by atoms with Crippen LogP contribution in [-0.2, 0) is 10.4 Å². The van der Waals surface area contributed by atoms with Gasteiger partial charge in [0.2, 0.25) is 5.91 Å². The number of carbonyl (C=O) groups excluding carboxylic acids is 1. The summed E-state index contributed by atoms with van der Waals surface area (Å²) in [4.78, 5) is 12.6. The van der Waals surface area contributed by atoms with Gasteiger partial charge in [-0.1, -0.05) is 18.1 Å². The summed E-state index contributed by atoms with van der Waals surface area (Å²) in [5, 5.41) is 21.7. The molecule has 1 heterocycles. The SMILES string of the molecule is CC(C)(O)c1cn([C@@H]2CCCC[C@@H]2NC(=O)C2CC2C2CC2)nn1. The number of aliphatic hydroxyl groups is 1. The minimum Gasteiger partial charge on any atom is -0.384 e. The van der Waals surface area contributed by atoms with E-state index in [2.05, 4.69) is 15.6 Å². The summed E-state index contributed by atoms with van der Waals surface area (Å²) >= 11 is 0. The normalized spacial score (nSPS) is 33.3. The average Bonchev–Trinajstić information content (AvgIpc) is 3.42. The van der Waals surface area contributed by atoms with Gasteiger partial charge >= 0.3 is 0 Å². The van der Waals surface area contributed by atoms with Crippen molar-refractivity contribution in [3.8, 4) is 0 Å². The van der Waals surface area contributed by atoms with Crippen molar-refractivity contribution < 1.29 is 9.90 Å². The molecular weight excluding hydrogens is 304 g/mol. The number of hydrogen-bond acceptors (Lipinski definition) is 4. The van der Waals surface area contributed by atoms with E-state index in [0.29, 0.717) is 11.6 Å². The van der Waals surface area contributed by atoms with Crippen molar-refractivity contribution in [2.24, 2.45) is 17.8 Å². The molecule has 4 atom stereocenters. The molecule has 132 valence electrons. The van der Waals surface area contributed by atoms with Gasteiger partial charge in [-0.05, 0) is 57.8 Å². The number of aromatic nitrogens is 3. The highest BCUT2D eigenvalue weighted by atomic mass is 16.3. The molecule has 2 N–H and O–H groups in total. The van der Waals surface area contributed by atoms with E-state index in [-0.39, 0.29) is 23.9 Å². The van der Waals surface area contributed by atoms with Crippen LogP contribution in [-0.4, -0.2) is 32.0 Å². The predicted octanol–water partition coefficient (Wildman–Crippen LogP) is 2.15. The van der Waals surface area contributed by atoms with Crippen molar-refractivity contribution in [2.75, 3.05) is 0 Å². The Morgan fingerprint density at radius 3 is 2.71 bits per heavy atom. The lowest BCUT2D eigenvalue weighted by Crippen LogP contribution is -2.44. The molecule has 6 nitrogen and oxygen atoms in total. The summed E-state index contributed by atoms with van der Waals surface area (Å²) in [5.74, 6) is 1.97. The van der Waals surface area contributed by atoms with Crippen molar-refractivity contribution >= 4 is 5.91 Å². The predicted molar refractivity (Wildman–Crippen MR) is 89.0 cm³/mol.